The van der Waals surface area contributed by atoms with Crippen LogP contribution in [0.3, 0.4) is 0 Å². The topological polar surface area (TPSA) is 18.5 Å². The molecule has 98 valence electrons. The van der Waals surface area contributed by atoms with Crippen molar-refractivity contribution in [3.05, 3.63) is 28.8 Å². The van der Waals surface area contributed by atoms with Crippen LogP contribution in [0, 0.1) is 0 Å². The largest absolute Gasteiger partial charge is 0.491 e. The van der Waals surface area contributed by atoms with Gasteiger partial charge in [-0.2, -0.15) is 0 Å². The van der Waals surface area contributed by atoms with E-state index in [9.17, 15) is 0 Å². The summed E-state index contributed by atoms with van der Waals surface area (Å²) in [7, 11) is 0. The van der Waals surface area contributed by atoms with E-state index in [0.29, 0.717) is 15.8 Å². The maximum atomic E-state index is 6.27. The van der Waals surface area contributed by atoms with Crippen LogP contribution in [0.2, 0.25) is 0 Å². The third-order valence-electron chi connectivity index (χ3n) is 2.65. The average molecular weight is 287 g/mol. The fourth-order valence-corrected chi connectivity index (χ4v) is 2.34. The number of ether oxygens (including phenoxy) is 2. The van der Waals surface area contributed by atoms with Crippen molar-refractivity contribution in [3.63, 3.8) is 0 Å². The van der Waals surface area contributed by atoms with Gasteiger partial charge in [0.1, 0.15) is 17.1 Å². The van der Waals surface area contributed by atoms with Gasteiger partial charge in [-0.1, -0.05) is 23.2 Å². The van der Waals surface area contributed by atoms with E-state index < -0.39 is 5.60 Å². The first kappa shape index (κ1) is 13.6. The molecule has 0 spiro atoms. The fraction of sp³-hybridized carbons (Fsp3) is 0.429. The van der Waals surface area contributed by atoms with Crippen molar-refractivity contribution >= 4 is 28.2 Å². The van der Waals surface area contributed by atoms with Crippen LogP contribution in [0.25, 0.3) is 5.03 Å². The zero-order chi connectivity index (χ0) is 13.5. The van der Waals surface area contributed by atoms with E-state index in [4.69, 9.17) is 32.7 Å². The Hall–Kier alpha value is -0.860. The summed E-state index contributed by atoms with van der Waals surface area (Å²) in [5.41, 5.74) is 0.194. The minimum Gasteiger partial charge on any atom is -0.491 e. The van der Waals surface area contributed by atoms with E-state index in [-0.39, 0.29) is 6.10 Å². The molecule has 0 bridgehead atoms. The van der Waals surface area contributed by atoms with E-state index in [0.717, 1.165) is 11.3 Å². The van der Waals surface area contributed by atoms with Crippen LogP contribution in [-0.4, -0.2) is 11.7 Å². The summed E-state index contributed by atoms with van der Waals surface area (Å²) in [6.07, 6.45) is 0.120. The van der Waals surface area contributed by atoms with Gasteiger partial charge in [-0.15, -0.1) is 0 Å². The fourth-order valence-electron chi connectivity index (χ4n) is 1.82. The minimum atomic E-state index is -0.609. The molecule has 18 heavy (non-hydrogen) atoms. The molecular formula is C14H16Cl2O2. The second-order valence-electron chi connectivity index (χ2n) is 5.06. The molecule has 4 heteroatoms. The average Bonchev–Trinajstić information content (AvgIpc) is 2.24. The number of halogens is 2. The van der Waals surface area contributed by atoms with Gasteiger partial charge >= 0.3 is 0 Å². The van der Waals surface area contributed by atoms with Crippen molar-refractivity contribution in [2.24, 2.45) is 0 Å². The van der Waals surface area contributed by atoms with Crippen molar-refractivity contribution in [2.45, 2.75) is 39.4 Å². The van der Waals surface area contributed by atoms with Crippen molar-refractivity contribution in [1.29, 1.82) is 0 Å². The molecule has 1 heterocycles. The maximum absolute atomic E-state index is 6.27. The molecule has 0 aromatic heterocycles. The zero-order valence-corrected chi connectivity index (χ0v) is 12.4. The highest BCUT2D eigenvalue weighted by Gasteiger charge is 2.33. The second-order valence-corrected chi connectivity index (χ2v) is 5.82. The van der Waals surface area contributed by atoms with Crippen LogP contribution in [0.5, 0.6) is 11.5 Å². The first-order chi connectivity index (χ1) is 8.31. The Morgan fingerprint density at radius 3 is 2.50 bits per heavy atom. The van der Waals surface area contributed by atoms with Gasteiger partial charge in [0.25, 0.3) is 0 Å². The molecule has 1 aliphatic heterocycles. The summed E-state index contributed by atoms with van der Waals surface area (Å²) in [4.78, 5) is 0. The second kappa shape index (κ2) is 4.67. The van der Waals surface area contributed by atoms with Gasteiger partial charge in [0.05, 0.1) is 16.2 Å². The van der Waals surface area contributed by atoms with Crippen LogP contribution in [0.15, 0.2) is 23.2 Å². The molecule has 0 atom stereocenters. The van der Waals surface area contributed by atoms with E-state index >= 15 is 0 Å². The normalized spacial score (nSPS) is 17.5. The predicted octanol–water partition coefficient (Wildman–Crippen LogP) is 4.79. The molecule has 1 aliphatic rings. The molecule has 0 N–H and O–H groups in total. The first-order valence-electron chi connectivity index (χ1n) is 5.87. The van der Waals surface area contributed by atoms with Gasteiger partial charge in [-0.3, -0.25) is 0 Å². The van der Waals surface area contributed by atoms with Crippen molar-refractivity contribution in [2.75, 3.05) is 0 Å². The zero-order valence-electron chi connectivity index (χ0n) is 10.9. The standard InChI is InChI=1S/C14H16Cl2O2/c1-8(2)17-9-5-6-10-11(7-9)18-14(3,4)13(16)12(10)15/h5-8H,1-4H3. The van der Waals surface area contributed by atoms with Crippen molar-refractivity contribution < 1.29 is 9.47 Å². The van der Waals surface area contributed by atoms with E-state index in [1.54, 1.807) is 0 Å². The summed E-state index contributed by atoms with van der Waals surface area (Å²) in [6, 6.07) is 5.59. The quantitative estimate of drug-likeness (QED) is 0.778. The number of rotatable bonds is 2. The van der Waals surface area contributed by atoms with Gasteiger partial charge in [-0.05, 0) is 39.8 Å². The molecule has 0 saturated heterocycles. The van der Waals surface area contributed by atoms with E-state index in [2.05, 4.69) is 0 Å². The van der Waals surface area contributed by atoms with Gasteiger partial charge in [0.2, 0.25) is 0 Å². The molecule has 1 aromatic rings. The Kier molecular flexibility index (Phi) is 3.52. The lowest BCUT2D eigenvalue weighted by Gasteiger charge is -2.32. The smallest absolute Gasteiger partial charge is 0.140 e. The van der Waals surface area contributed by atoms with Gasteiger partial charge in [0, 0.05) is 11.6 Å². The highest BCUT2D eigenvalue weighted by Crippen LogP contribution is 2.45. The molecule has 0 fully saturated rings. The summed E-state index contributed by atoms with van der Waals surface area (Å²) >= 11 is 12.5. The number of benzene rings is 1. The molecule has 0 radical (unpaired) electrons. The summed E-state index contributed by atoms with van der Waals surface area (Å²) < 4.78 is 11.5. The summed E-state index contributed by atoms with van der Waals surface area (Å²) in [6.45, 7) is 7.73. The van der Waals surface area contributed by atoms with E-state index in [1.807, 2.05) is 45.9 Å². The van der Waals surface area contributed by atoms with E-state index in [1.165, 1.54) is 0 Å². The number of hydrogen-bond donors (Lipinski definition) is 0. The Balaban J connectivity index is 2.45. The molecule has 0 saturated carbocycles. The molecule has 2 rings (SSSR count). The Morgan fingerprint density at radius 2 is 1.89 bits per heavy atom. The Morgan fingerprint density at radius 1 is 1.22 bits per heavy atom. The Labute approximate surface area is 117 Å². The van der Waals surface area contributed by atoms with Gasteiger partial charge in [-0.25, -0.2) is 0 Å². The third kappa shape index (κ3) is 2.45. The predicted molar refractivity (Wildman–Crippen MR) is 75.5 cm³/mol. The molecule has 1 aromatic carbocycles. The highest BCUT2D eigenvalue weighted by molar-refractivity contribution is 6.55. The molecule has 0 aliphatic carbocycles. The Bertz CT molecular complexity index is 505. The van der Waals surface area contributed by atoms with Gasteiger partial charge < -0.3 is 9.47 Å². The maximum Gasteiger partial charge on any atom is 0.140 e. The molecule has 0 amide bonds. The van der Waals surface area contributed by atoms with Crippen LogP contribution < -0.4 is 9.47 Å². The van der Waals surface area contributed by atoms with Crippen LogP contribution in [0.1, 0.15) is 33.3 Å². The van der Waals surface area contributed by atoms with Crippen molar-refractivity contribution in [3.8, 4) is 11.5 Å². The SMILES string of the molecule is CC(C)Oc1ccc2c(c1)OC(C)(C)C(Cl)=C2Cl. The lowest BCUT2D eigenvalue weighted by molar-refractivity contribution is 0.152. The lowest BCUT2D eigenvalue weighted by Crippen LogP contribution is -2.32. The molecular weight excluding hydrogens is 271 g/mol. The summed E-state index contributed by atoms with van der Waals surface area (Å²) in [5, 5.41) is 1.06. The monoisotopic (exact) mass is 286 g/mol. The highest BCUT2D eigenvalue weighted by atomic mass is 35.5. The van der Waals surface area contributed by atoms with Crippen LogP contribution >= 0.6 is 23.2 Å². The molecule has 2 nitrogen and oxygen atoms in total. The van der Waals surface area contributed by atoms with Gasteiger partial charge in [0.15, 0.2) is 0 Å². The number of fused-ring (bicyclic) bond motifs is 1. The first-order valence-corrected chi connectivity index (χ1v) is 6.62. The molecule has 0 unspecified atom stereocenters. The third-order valence-corrected chi connectivity index (χ3v) is 3.78. The lowest BCUT2D eigenvalue weighted by atomic mass is 10.0. The van der Waals surface area contributed by atoms with Crippen molar-refractivity contribution in [1.82, 2.24) is 0 Å². The van der Waals surface area contributed by atoms with Crippen LogP contribution in [0.4, 0.5) is 0 Å². The summed E-state index contributed by atoms with van der Waals surface area (Å²) in [5.74, 6) is 1.47. The minimum absolute atomic E-state index is 0.120. The van der Waals surface area contributed by atoms with Crippen LogP contribution in [-0.2, 0) is 0 Å². The number of hydrogen-bond acceptors (Lipinski definition) is 2.